The molecule has 0 atom stereocenters. The highest BCUT2D eigenvalue weighted by atomic mass is 79.9. The maximum atomic E-state index is 12.5. The third kappa shape index (κ3) is 6.56. The summed E-state index contributed by atoms with van der Waals surface area (Å²) >= 11 is 3.37. The molecule has 2 aromatic rings. The number of esters is 1. The summed E-state index contributed by atoms with van der Waals surface area (Å²) in [5.74, 6) is 0.157. The SMILES string of the molecule is Cc1cc(/C=C/C(=O)c2ccc(Br)cc2)cc(C)c1OC(C)(C)C(=O)OC(C)(C)C. The van der Waals surface area contributed by atoms with Gasteiger partial charge < -0.3 is 9.47 Å². The molecule has 160 valence electrons. The van der Waals surface area contributed by atoms with Crippen LogP contribution in [-0.2, 0) is 9.53 Å². The molecule has 0 N–H and O–H groups in total. The molecule has 2 rings (SSSR count). The number of carbonyl (C=O) groups is 2. The molecule has 0 radical (unpaired) electrons. The van der Waals surface area contributed by atoms with Gasteiger partial charge >= 0.3 is 5.97 Å². The highest BCUT2D eigenvalue weighted by Gasteiger charge is 2.35. The first kappa shape index (κ1) is 23.9. The molecular weight excluding hydrogens is 444 g/mol. The molecule has 0 aliphatic rings. The van der Waals surface area contributed by atoms with Gasteiger partial charge in [0, 0.05) is 10.0 Å². The molecule has 0 saturated carbocycles. The van der Waals surface area contributed by atoms with Crippen LogP contribution < -0.4 is 4.74 Å². The van der Waals surface area contributed by atoms with E-state index in [0.717, 1.165) is 21.2 Å². The Balaban J connectivity index is 2.19. The van der Waals surface area contributed by atoms with Gasteiger partial charge in [0.1, 0.15) is 11.4 Å². The molecule has 0 aromatic heterocycles. The second-order valence-electron chi connectivity index (χ2n) is 8.80. The fraction of sp³-hybridized carbons (Fsp3) is 0.360. The van der Waals surface area contributed by atoms with Crippen molar-refractivity contribution in [2.45, 2.75) is 59.7 Å². The second kappa shape index (κ2) is 9.17. The van der Waals surface area contributed by atoms with Gasteiger partial charge in [-0.1, -0.05) is 22.0 Å². The van der Waals surface area contributed by atoms with Crippen molar-refractivity contribution in [2.75, 3.05) is 0 Å². The normalized spacial score (nSPS) is 12.1. The average molecular weight is 473 g/mol. The van der Waals surface area contributed by atoms with E-state index in [2.05, 4.69) is 15.9 Å². The summed E-state index contributed by atoms with van der Waals surface area (Å²) in [4.78, 5) is 24.9. The lowest BCUT2D eigenvalue weighted by atomic mass is 10.0. The van der Waals surface area contributed by atoms with E-state index in [1.807, 2.05) is 58.9 Å². The monoisotopic (exact) mass is 472 g/mol. The molecule has 0 saturated heterocycles. The van der Waals surface area contributed by atoms with Crippen molar-refractivity contribution < 1.29 is 19.1 Å². The molecule has 0 unspecified atom stereocenters. The van der Waals surface area contributed by atoms with Crippen LogP contribution in [0.15, 0.2) is 46.9 Å². The number of rotatable bonds is 6. The number of benzene rings is 2. The van der Waals surface area contributed by atoms with Crippen LogP contribution in [0.25, 0.3) is 6.08 Å². The Bertz CT molecular complexity index is 941. The maximum Gasteiger partial charge on any atom is 0.350 e. The van der Waals surface area contributed by atoms with Crippen LogP contribution in [0, 0.1) is 13.8 Å². The molecule has 0 fully saturated rings. The standard InChI is InChI=1S/C25H29BrO4/c1-16-14-18(8-13-21(27)19-9-11-20(26)12-10-19)15-17(2)22(16)29-25(6,7)23(28)30-24(3,4)5/h8-15H,1-7H3/b13-8+. The van der Waals surface area contributed by atoms with Crippen molar-refractivity contribution in [3.63, 3.8) is 0 Å². The first-order chi connectivity index (χ1) is 13.8. The first-order valence-corrected chi connectivity index (χ1v) is 10.6. The van der Waals surface area contributed by atoms with Crippen LogP contribution in [0.5, 0.6) is 5.75 Å². The summed E-state index contributed by atoms with van der Waals surface area (Å²) in [5.41, 5.74) is 1.56. The number of hydrogen-bond acceptors (Lipinski definition) is 4. The maximum absolute atomic E-state index is 12.5. The van der Waals surface area contributed by atoms with Crippen molar-refractivity contribution in [3.8, 4) is 5.75 Å². The molecule has 5 heteroatoms. The van der Waals surface area contributed by atoms with Gasteiger partial charge in [0.25, 0.3) is 0 Å². The molecule has 0 aliphatic carbocycles. The fourth-order valence-corrected chi connectivity index (χ4v) is 3.09. The molecule has 0 amide bonds. The molecule has 2 aromatic carbocycles. The third-order valence-corrected chi connectivity index (χ3v) is 4.81. The van der Waals surface area contributed by atoms with Gasteiger partial charge in [-0.05, 0) is 108 Å². The quantitative estimate of drug-likeness (QED) is 0.275. The summed E-state index contributed by atoms with van der Waals surface area (Å²) < 4.78 is 12.5. The van der Waals surface area contributed by atoms with Gasteiger partial charge in [0.05, 0.1) is 0 Å². The Hall–Kier alpha value is -2.40. The Labute approximate surface area is 187 Å². The van der Waals surface area contributed by atoms with E-state index in [-0.39, 0.29) is 5.78 Å². The second-order valence-corrected chi connectivity index (χ2v) is 9.72. The van der Waals surface area contributed by atoms with Gasteiger partial charge in [0.2, 0.25) is 0 Å². The zero-order chi connectivity index (χ0) is 22.7. The van der Waals surface area contributed by atoms with Gasteiger partial charge in [0.15, 0.2) is 11.4 Å². The van der Waals surface area contributed by atoms with E-state index in [9.17, 15) is 9.59 Å². The number of ether oxygens (including phenoxy) is 2. The van der Waals surface area contributed by atoms with Gasteiger partial charge in [-0.2, -0.15) is 0 Å². The predicted octanol–water partition coefficient (Wildman–Crippen LogP) is 6.46. The van der Waals surface area contributed by atoms with Gasteiger partial charge in [-0.25, -0.2) is 4.79 Å². The van der Waals surface area contributed by atoms with Crippen molar-refractivity contribution in [1.82, 2.24) is 0 Å². The lowest BCUT2D eigenvalue weighted by Gasteiger charge is -2.30. The Kier molecular flexibility index (Phi) is 7.30. The zero-order valence-corrected chi connectivity index (χ0v) is 20.2. The summed E-state index contributed by atoms with van der Waals surface area (Å²) in [7, 11) is 0. The molecule has 0 bridgehead atoms. The number of halogens is 1. The van der Waals surface area contributed by atoms with Crippen LogP contribution in [0.2, 0.25) is 0 Å². The molecule has 4 nitrogen and oxygen atoms in total. The Morgan fingerprint density at radius 1 is 0.933 bits per heavy atom. The van der Waals surface area contributed by atoms with Crippen molar-refractivity contribution >= 4 is 33.8 Å². The summed E-state index contributed by atoms with van der Waals surface area (Å²) in [5, 5.41) is 0. The Morgan fingerprint density at radius 2 is 1.47 bits per heavy atom. The van der Waals surface area contributed by atoms with E-state index in [4.69, 9.17) is 9.47 Å². The average Bonchev–Trinajstić information content (AvgIpc) is 2.62. The lowest BCUT2D eigenvalue weighted by molar-refractivity contribution is -0.171. The minimum atomic E-state index is -1.13. The predicted molar refractivity (Wildman–Crippen MR) is 124 cm³/mol. The van der Waals surface area contributed by atoms with Crippen molar-refractivity contribution in [2.24, 2.45) is 0 Å². The number of aryl methyl sites for hydroxylation is 2. The van der Waals surface area contributed by atoms with E-state index in [0.29, 0.717) is 11.3 Å². The Morgan fingerprint density at radius 3 is 1.97 bits per heavy atom. The van der Waals surface area contributed by atoms with Crippen LogP contribution in [0.4, 0.5) is 0 Å². The largest absolute Gasteiger partial charge is 0.476 e. The minimum Gasteiger partial charge on any atom is -0.476 e. The van der Waals surface area contributed by atoms with Crippen LogP contribution in [-0.4, -0.2) is 23.0 Å². The number of hydrogen-bond donors (Lipinski definition) is 0. The molecule has 30 heavy (non-hydrogen) atoms. The van der Waals surface area contributed by atoms with E-state index >= 15 is 0 Å². The number of allylic oxidation sites excluding steroid dienone is 1. The number of ketones is 1. The van der Waals surface area contributed by atoms with Crippen LogP contribution in [0.1, 0.15) is 61.7 Å². The zero-order valence-electron chi connectivity index (χ0n) is 18.6. The molecule has 0 aliphatic heterocycles. The van der Waals surface area contributed by atoms with Gasteiger partial charge in [-0.3, -0.25) is 4.79 Å². The smallest absolute Gasteiger partial charge is 0.350 e. The molecular formula is C25H29BrO4. The van der Waals surface area contributed by atoms with Gasteiger partial charge in [-0.15, -0.1) is 0 Å². The van der Waals surface area contributed by atoms with Crippen molar-refractivity contribution in [1.29, 1.82) is 0 Å². The minimum absolute atomic E-state index is 0.0656. The van der Waals surface area contributed by atoms with E-state index < -0.39 is 17.2 Å². The third-order valence-electron chi connectivity index (χ3n) is 4.29. The van der Waals surface area contributed by atoms with E-state index in [1.165, 1.54) is 0 Å². The molecule has 0 heterocycles. The fourth-order valence-electron chi connectivity index (χ4n) is 2.82. The topological polar surface area (TPSA) is 52.6 Å². The highest BCUT2D eigenvalue weighted by Crippen LogP contribution is 2.30. The van der Waals surface area contributed by atoms with Crippen LogP contribution >= 0.6 is 15.9 Å². The summed E-state index contributed by atoms with van der Waals surface area (Å²) in [6, 6.07) is 11.1. The first-order valence-electron chi connectivity index (χ1n) is 9.80. The summed E-state index contributed by atoms with van der Waals surface area (Å²) in [6.07, 6.45) is 3.34. The lowest BCUT2D eigenvalue weighted by Crippen LogP contribution is -2.43. The number of carbonyl (C=O) groups excluding carboxylic acids is 2. The van der Waals surface area contributed by atoms with Crippen LogP contribution in [0.3, 0.4) is 0 Å². The molecule has 0 spiro atoms. The highest BCUT2D eigenvalue weighted by molar-refractivity contribution is 9.10. The van der Waals surface area contributed by atoms with E-state index in [1.54, 1.807) is 38.1 Å². The van der Waals surface area contributed by atoms with Crippen molar-refractivity contribution in [3.05, 3.63) is 69.2 Å². The summed E-state index contributed by atoms with van der Waals surface area (Å²) in [6.45, 7) is 12.7.